The molecule has 1 saturated carbocycles. The zero-order valence-corrected chi connectivity index (χ0v) is 15.1. The second-order valence-corrected chi connectivity index (χ2v) is 7.21. The van der Waals surface area contributed by atoms with Crippen LogP contribution in [0.15, 0.2) is 30.3 Å². The van der Waals surface area contributed by atoms with Crippen LogP contribution in [0.25, 0.3) is 0 Å². The maximum absolute atomic E-state index is 12.5. The second kappa shape index (κ2) is 8.83. The van der Waals surface area contributed by atoms with E-state index in [1.807, 2.05) is 30.3 Å². The molecule has 1 aliphatic carbocycles. The molecule has 1 saturated heterocycles. The van der Waals surface area contributed by atoms with Crippen LogP contribution in [0.5, 0.6) is 0 Å². The van der Waals surface area contributed by atoms with E-state index in [1.54, 1.807) is 0 Å². The van der Waals surface area contributed by atoms with Gasteiger partial charge in [0.2, 0.25) is 5.91 Å². The third-order valence-electron chi connectivity index (χ3n) is 5.19. The van der Waals surface area contributed by atoms with Gasteiger partial charge in [-0.1, -0.05) is 56.0 Å². The van der Waals surface area contributed by atoms with Gasteiger partial charge in [-0.15, -0.1) is 0 Å². The number of benzene rings is 1. The summed E-state index contributed by atoms with van der Waals surface area (Å²) in [4.78, 5) is 37.9. The fourth-order valence-electron chi connectivity index (χ4n) is 3.72. The van der Waals surface area contributed by atoms with Crippen molar-refractivity contribution in [2.45, 2.75) is 63.5 Å². The molecular formula is C20H27N3O3. The lowest BCUT2D eigenvalue weighted by molar-refractivity contribution is -0.132. The quantitative estimate of drug-likeness (QED) is 0.606. The number of carbonyl (C=O) groups is 3. The summed E-state index contributed by atoms with van der Waals surface area (Å²) in [5, 5.41) is 5.69. The van der Waals surface area contributed by atoms with E-state index in [1.165, 1.54) is 12.8 Å². The van der Waals surface area contributed by atoms with E-state index < -0.39 is 12.1 Å². The minimum absolute atomic E-state index is 0.166. The summed E-state index contributed by atoms with van der Waals surface area (Å²) in [5.74, 6) is -0.550. The van der Waals surface area contributed by atoms with Gasteiger partial charge < -0.3 is 10.6 Å². The summed E-state index contributed by atoms with van der Waals surface area (Å²) in [6.07, 6.45) is 7.86. The van der Waals surface area contributed by atoms with E-state index in [9.17, 15) is 14.4 Å². The predicted octanol–water partition coefficient (Wildman–Crippen LogP) is 2.38. The average Bonchev–Trinajstić information content (AvgIpc) is 2.83. The Morgan fingerprint density at radius 3 is 2.46 bits per heavy atom. The maximum atomic E-state index is 12.5. The number of hydrogen-bond donors (Lipinski definition) is 2. The Morgan fingerprint density at radius 1 is 1.08 bits per heavy atom. The van der Waals surface area contributed by atoms with Gasteiger partial charge in [0.05, 0.1) is 0 Å². The van der Waals surface area contributed by atoms with E-state index in [2.05, 4.69) is 10.6 Å². The van der Waals surface area contributed by atoms with Crippen molar-refractivity contribution in [3.63, 3.8) is 0 Å². The third kappa shape index (κ3) is 4.84. The Labute approximate surface area is 154 Å². The average molecular weight is 357 g/mol. The Balaban J connectivity index is 1.49. The molecule has 1 aromatic rings. The molecule has 6 heteroatoms. The van der Waals surface area contributed by atoms with E-state index >= 15 is 0 Å². The van der Waals surface area contributed by atoms with Gasteiger partial charge in [0.25, 0.3) is 5.91 Å². The molecule has 1 unspecified atom stereocenters. The fourth-order valence-corrected chi connectivity index (χ4v) is 3.72. The zero-order chi connectivity index (χ0) is 18.4. The molecule has 0 bridgehead atoms. The third-order valence-corrected chi connectivity index (χ3v) is 5.19. The molecule has 0 radical (unpaired) electrons. The van der Waals surface area contributed by atoms with Crippen molar-refractivity contribution in [3.05, 3.63) is 35.9 Å². The van der Waals surface area contributed by atoms with E-state index in [0.29, 0.717) is 12.8 Å². The van der Waals surface area contributed by atoms with Gasteiger partial charge in [-0.25, -0.2) is 4.79 Å². The van der Waals surface area contributed by atoms with Crippen molar-refractivity contribution in [3.8, 4) is 0 Å². The first-order valence-electron chi connectivity index (χ1n) is 9.58. The molecule has 140 valence electrons. The number of hydrogen-bond acceptors (Lipinski definition) is 3. The zero-order valence-electron chi connectivity index (χ0n) is 15.1. The highest BCUT2D eigenvalue weighted by molar-refractivity contribution is 6.06. The molecule has 2 aliphatic rings. The van der Waals surface area contributed by atoms with Crippen molar-refractivity contribution >= 4 is 17.8 Å². The van der Waals surface area contributed by atoms with Crippen molar-refractivity contribution in [2.24, 2.45) is 0 Å². The second-order valence-electron chi connectivity index (χ2n) is 7.21. The van der Waals surface area contributed by atoms with Gasteiger partial charge >= 0.3 is 6.03 Å². The van der Waals surface area contributed by atoms with Gasteiger partial charge in [0.15, 0.2) is 0 Å². The standard InChI is InChI=1S/C20H27N3O3/c24-18(21-16-10-6-1-2-7-11-16)14-23-19(25)17(22-20(23)26)13-12-15-8-4-3-5-9-15/h3-5,8-9,16-17H,1-2,6-7,10-14H2,(H,21,24)(H,22,26). The van der Waals surface area contributed by atoms with Gasteiger partial charge in [0.1, 0.15) is 12.6 Å². The van der Waals surface area contributed by atoms with Crippen LogP contribution < -0.4 is 10.6 Å². The largest absolute Gasteiger partial charge is 0.352 e. The van der Waals surface area contributed by atoms with Gasteiger partial charge in [-0.2, -0.15) is 0 Å². The van der Waals surface area contributed by atoms with Crippen molar-refractivity contribution < 1.29 is 14.4 Å². The summed E-state index contributed by atoms with van der Waals surface area (Å²) >= 11 is 0. The molecule has 1 aliphatic heterocycles. The molecule has 1 atom stereocenters. The van der Waals surface area contributed by atoms with E-state index in [0.717, 1.165) is 36.1 Å². The lowest BCUT2D eigenvalue weighted by Crippen LogP contribution is -2.44. The van der Waals surface area contributed by atoms with Crippen molar-refractivity contribution in [1.29, 1.82) is 0 Å². The number of amides is 4. The van der Waals surface area contributed by atoms with Crippen LogP contribution in [-0.4, -0.2) is 41.4 Å². The molecular weight excluding hydrogens is 330 g/mol. The van der Waals surface area contributed by atoms with Crippen LogP contribution in [0, 0.1) is 0 Å². The smallest absolute Gasteiger partial charge is 0.325 e. The first kappa shape index (κ1) is 18.4. The Bertz CT molecular complexity index is 639. The lowest BCUT2D eigenvalue weighted by atomic mass is 10.1. The number of nitrogens with zero attached hydrogens (tertiary/aromatic N) is 1. The molecule has 2 N–H and O–H groups in total. The lowest BCUT2D eigenvalue weighted by Gasteiger charge is -2.18. The SMILES string of the molecule is O=C(CN1C(=O)NC(CCc2ccccc2)C1=O)NC1CCCCCC1. The molecule has 1 heterocycles. The number of imide groups is 1. The fraction of sp³-hybridized carbons (Fsp3) is 0.550. The van der Waals surface area contributed by atoms with E-state index in [4.69, 9.17) is 0 Å². The number of aryl methyl sites for hydroxylation is 1. The predicted molar refractivity (Wildman–Crippen MR) is 98.4 cm³/mol. The maximum Gasteiger partial charge on any atom is 0.325 e. The minimum atomic E-state index is -0.548. The number of rotatable bonds is 6. The monoisotopic (exact) mass is 357 g/mol. The topological polar surface area (TPSA) is 78.5 Å². The number of carbonyl (C=O) groups excluding carboxylic acids is 3. The van der Waals surface area contributed by atoms with Crippen molar-refractivity contribution in [2.75, 3.05) is 6.54 Å². The summed E-state index contributed by atoms with van der Waals surface area (Å²) in [6, 6.07) is 9.00. The van der Waals surface area contributed by atoms with Crippen LogP contribution in [-0.2, 0) is 16.0 Å². The molecule has 6 nitrogen and oxygen atoms in total. The Hall–Kier alpha value is -2.37. The Morgan fingerprint density at radius 2 is 1.77 bits per heavy atom. The summed E-state index contributed by atoms with van der Waals surface area (Å²) < 4.78 is 0. The van der Waals surface area contributed by atoms with E-state index in [-0.39, 0.29) is 24.4 Å². The minimum Gasteiger partial charge on any atom is -0.352 e. The highest BCUT2D eigenvalue weighted by Gasteiger charge is 2.38. The molecule has 0 spiro atoms. The van der Waals surface area contributed by atoms with Crippen LogP contribution in [0.4, 0.5) is 4.79 Å². The molecule has 4 amide bonds. The first-order valence-corrected chi connectivity index (χ1v) is 9.58. The number of nitrogens with one attached hydrogen (secondary N) is 2. The summed E-state index contributed by atoms with van der Waals surface area (Å²) in [7, 11) is 0. The van der Waals surface area contributed by atoms with Gasteiger partial charge in [-0.05, 0) is 31.2 Å². The first-order chi connectivity index (χ1) is 12.6. The van der Waals surface area contributed by atoms with Crippen LogP contribution in [0.2, 0.25) is 0 Å². The highest BCUT2D eigenvalue weighted by Crippen LogP contribution is 2.17. The molecule has 3 rings (SSSR count). The highest BCUT2D eigenvalue weighted by atomic mass is 16.2. The molecule has 26 heavy (non-hydrogen) atoms. The summed E-state index contributed by atoms with van der Waals surface area (Å²) in [6.45, 7) is -0.191. The Kier molecular flexibility index (Phi) is 6.26. The van der Waals surface area contributed by atoms with Crippen LogP contribution in [0.3, 0.4) is 0 Å². The van der Waals surface area contributed by atoms with Gasteiger partial charge in [-0.3, -0.25) is 14.5 Å². The summed E-state index contributed by atoms with van der Waals surface area (Å²) in [5.41, 5.74) is 1.12. The molecule has 0 aromatic heterocycles. The normalized spacial score (nSPS) is 21.4. The van der Waals surface area contributed by atoms with Crippen molar-refractivity contribution in [1.82, 2.24) is 15.5 Å². The molecule has 2 fully saturated rings. The van der Waals surface area contributed by atoms with Crippen LogP contribution >= 0.6 is 0 Å². The number of urea groups is 1. The molecule has 1 aromatic carbocycles. The van der Waals surface area contributed by atoms with Crippen LogP contribution in [0.1, 0.15) is 50.5 Å². The van der Waals surface area contributed by atoms with Gasteiger partial charge in [0, 0.05) is 6.04 Å².